The number of fused-ring (bicyclic) bond motifs is 2. The summed E-state index contributed by atoms with van der Waals surface area (Å²) in [6, 6.07) is 11.8. The van der Waals surface area contributed by atoms with Crippen LogP contribution >= 0.6 is 11.3 Å². The molecular weight excluding hydrogens is 402 g/mol. The van der Waals surface area contributed by atoms with E-state index >= 15 is 0 Å². The van der Waals surface area contributed by atoms with E-state index in [0.29, 0.717) is 17.1 Å². The summed E-state index contributed by atoms with van der Waals surface area (Å²) in [5.41, 5.74) is 1.69. The summed E-state index contributed by atoms with van der Waals surface area (Å²) in [6.45, 7) is -0.122. The normalized spacial score (nSPS) is 16.5. The van der Waals surface area contributed by atoms with Gasteiger partial charge in [0, 0.05) is 12.7 Å². The lowest BCUT2D eigenvalue weighted by Crippen LogP contribution is -2.48. The molecule has 146 valence electrons. The van der Waals surface area contributed by atoms with Crippen molar-refractivity contribution in [1.82, 2.24) is 4.57 Å². The number of amides is 1. The first-order chi connectivity index (χ1) is 13.2. The third-order valence-corrected chi connectivity index (χ3v) is 6.63. The molecule has 28 heavy (non-hydrogen) atoms. The number of carbonyl (C=O) groups is 1. The van der Waals surface area contributed by atoms with Gasteiger partial charge in [-0.2, -0.15) is 0 Å². The lowest BCUT2D eigenvalue weighted by atomic mass is 10.2. The molecule has 2 heterocycles. The van der Waals surface area contributed by atoms with Gasteiger partial charge in [-0.15, -0.1) is 0 Å². The van der Waals surface area contributed by atoms with Gasteiger partial charge >= 0.3 is 4.87 Å². The van der Waals surface area contributed by atoms with Crippen LogP contribution in [0.4, 0.5) is 11.4 Å². The number of thiazole rings is 1. The smallest absolute Gasteiger partial charge is 0.307 e. The molecule has 0 saturated heterocycles. The number of nitrogens with zero attached hydrogens (tertiary/aromatic N) is 2. The third kappa shape index (κ3) is 3.25. The molecule has 4 rings (SSSR count). The van der Waals surface area contributed by atoms with Crippen LogP contribution in [0, 0.1) is 0 Å². The first-order valence-corrected chi connectivity index (χ1v) is 11.0. The van der Waals surface area contributed by atoms with Crippen molar-refractivity contribution in [2.45, 2.75) is 6.10 Å². The van der Waals surface area contributed by atoms with E-state index in [1.807, 2.05) is 0 Å². The van der Waals surface area contributed by atoms with Gasteiger partial charge in [-0.25, -0.2) is 8.42 Å². The van der Waals surface area contributed by atoms with E-state index in [2.05, 4.69) is 5.32 Å². The molecule has 1 N–H and O–H groups in total. The lowest BCUT2D eigenvalue weighted by Gasteiger charge is -2.33. The molecule has 1 aliphatic rings. The Morgan fingerprint density at radius 2 is 2.00 bits per heavy atom. The zero-order valence-electron chi connectivity index (χ0n) is 15.1. The topological polar surface area (TPSA) is 97.7 Å². The van der Waals surface area contributed by atoms with Crippen molar-refractivity contribution < 1.29 is 17.9 Å². The highest BCUT2D eigenvalue weighted by atomic mass is 32.2. The van der Waals surface area contributed by atoms with E-state index < -0.39 is 22.0 Å². The van der Waals surface area contributed by atoms with Gasteiger partial charge in [0.05, 0.1) is 28.7 Å². The maximum absolute atomic E-state index is 12.7. The Morgan fingerprint density at radius 1 is 1.25 bits per heavy atom. The molecule has 8 nitrogen and oxygen atoms in total. The van der Waals surface area contributed by atoms with E-state index in [-0.39, 0.29) is 11.4 Å². The summed E-state index contributed by atoms with van der Waals surface area (Å²) in [4.78, 5) is 24.4. The molecule has 0 bridgehead atoms. The van der Waals surface area contributed by atoms with Gasteiger partial charge in [0.15, 0.2) is 6.10 Å². The number of aryl methyl sites for hydroxylation is 1. The zero-order chi connectivity index (χ0) is 20.1. The number of ether oxygens (including phenoxy) is 1. The molecular formula is C18H17N3O5S2. The number of anilines is 2. The summed E-state index contributed by atoms with van der Waals surface area (Å²) >= 11 is 1.09. The molecule has 1 aromatic heterocycles. The number of nitrogens with one attached hydrogen (secondary N) is 1. The average molecular weight is 419 g/mol. The first-order valence-electron chi connectivity index (χ1n) is 8.38. The maximum atomic E-state index is 12.7. The van der Waals surface area contributed by atoms with E-state index in [1.165, 1.54) is 8.87 Å². The highest BCUT2D eigenvalue weighted by Crippen LogP contribution is 2.34. The van der Waals surface area contributed by atoms with Gasteiger partial charge < -0.3 is 14.6 Å². The highest BCUT2D eigenvalue weighted by molar-refractivity contribution is 7.92. The summed E-state index contributed by atoms with van der Waals surface area (Å²) in [5.74, 6) is -0.137. The van der Waals surface area contributed by atoms with Crippen molar-refractivity contribution in [3.8, 4) is 5.75 Å². The molecule has 0 aliphatic carbocycles. The number of rotatable bonds is 3. The van der Waals surface area contributed by atoms with Gasteiger partial charge in [-0.05, 0) is 30.3 Å². The van der Waals surface area contributed by atoms with Gasteiger partial charge in [-0.1, -0.05) is 23.5 Å². The predicted molar refractivity (Wildman–Crippen MR) is 109 cm³/mol. The molecule has 10 heteroatoms. The Hall–Kier alpha value is -2.85. The Balaban J connectivity index is 1.61. The quantitative estimate of drug-likeness (QED) is 0.698. The molecule has 3 aromatic rings. The number of aromatic nitrogens is 1. The van der Waals surface area contributed by atoms with Crippen LogP contribution in [0.5, 0.6) is 5.75 Å². The maximum Gasteiger partial charge on any atom is 0.307 e. The van der Waals surface area contributed by atoms with Crippen molar-refractivity contribution >= 4 is 48.9 Å². The van der Waals surface area contributed by atoms with Crippen molar-refractivity contribution in [1.29, 1.82) is 0 Å². The Morgan fingerprint density at radius 3 is 2.75 bits per heavy atom. The number of benzene rings is 2. The Kier molecular flexibility index (Phi) is 4.39. The molecule has 2 aromatic carbocycles. The van der Waals surface area contributed by atoms with Crippen LogP contribution in [0.3, 0.4) is 0 Å². The van der Waals surface area contributed by atoms with Crippen molar-refractivity contribution in [2.24, 2.45) is 7.05 Å². The number of sulfonamides is 1. The lowest BCUT2D eigenvalue weighted by molar-refractivity contribution is -0.122. The highest BCUT2D eigenvalue weighted by Gasteiger charge is 2.34. The summed E-state index contributed by atoms with van der Waals surface area (Å²) in [7, 11) is -1.88. The van der Waals surface area contributed by atoms with Gasteiger partial charge in [-0.3, -0.25) is 13.9 Å². The van der Waals surface area contributed by atoms with Crippen LogP contribution in [0.15, 0.2) is 47.3 Å². The van der Waals surface area contributed by atoms with Crippen molar-refractivity contribution in [3.63, 3.8) is 0 Å². The molecule has 0 radical (unpaired) electrons. The van der Waals surface area contributed by atoms with E-state index in [4.69, 9.17) is 4.74 Å². The van der Waals surface area contributed by atoms with Crippen LogP contribution in [-0.2, 0) is 21.9 Å². The van der Waals surface area contributed by atoms with Crippen LogP contribution in [0.2, 0.25) is 0 Å². The number of carbonyl (C=O) groups excluding carboxylic acids is 1. The zero-order valence-corrected chi connectivity index (χ0v) is 16.7. The fourth-order valence-electron chi connectivity index (χ4n) is 3.09. The first kappa shape index (κ1) is 18.5. The molecule has 0 spiro atoms. The van der Waals surface area contributed by atoms with Gasteiger partial charge in [0.1, 0.15) is 5.75 Å². The fraction of sp³-hybridized carbons (Fsp3) is 0.222. The fourth-order valence-corrected chi connectivity index (χ4v) is 4.92. The Bertz CT molecular complexity index is 1250. The van der Waals surface area contributed by atoms with Crippen LogP contribution in [-0.4, -0.2) is 37.8 Å². The minimum atomic E-state index is -3.57. The monoisotopic (exact) mass is 419 g/mol. The second kappa shape index (κ2) is 6.64. The van der Waals surface area contributed by atoms with Crippen molar-refractivity contribution in [3.05, 3.63) is 52.1 Å². The second-order valence-corrected chi connectivity index (χ2v) is 9.37. The molecule has 1 atom stereocenters. The molecule has 0 saturated carbocycles. The summed E-state index contributed by atoms with van der Waals surface area (Å²) in [5, 5.41) is 2.75. The van der Waals surface area contributed by atoms with Crippen LogP contribution in [0.25, 0.3) is 10.2 Å². The van der Waals surface area contributed by atoms with E-state index in [0.717, 1.165) is 27.8 Å². The van der Waals surface area contributed by atoms with Crippen LogP contribution < -0.4 is 19.2 Å². The van der Waals surface area contributed by atoms with E-state index in [9.17, 15) is 18.0 Å². The Labute approximate surface area is 165 Å². The summed E-state index contributed by atoms with van der Waals surface area (Å²) in [6.07, 6.45) is 0.0878. The molecule has 0 fully saturated rings. The molecule has 1 unspecified atom stereocenters. The van der Waals surface area contributed by atoms with E-state index in [1.54, 1.807) is 49.5 Å². The number of para-hydroxylation sites is 2. The predicted octanol–water partition coefficient (Wildman–Crippen LogP) is 1.77. The largest absolute Gasteiger partial charge is 0.476 e. The number of hydrogen-bond donors (Lipinski definition) is 1. The molecule has 1 amide bonds. The van der Waals surface area contributed by atoms with Gasteiger partial charge in [0.2, 0.25) is 10.0 Å². The van der Waals surface area contributed by atoms with Crippen molar-refractivity contribution in [2.75, 3.05) is 22.4 Å². The van der Waals surface area contributed by atoms with Crippen LogP contribution in [0.1, 0.15) is 0 Å². The second-order valence-electron chi connectivity index (χ2n) is 6.47. The minimum absolute atomic E-state index is 0.0884. The average Bonchev–Trinajstić information content (AvgIpc) is 2.93. The summed E-state index contributed by atoms with van der Waals surface area (Å²) < 4.78 is 33.5. The third-order valence-electron chi connectivity index (χ3n) is 4.49. The molecule has 1 aliphatic heterocycles. The SMILES string of the molecule is Cn1c(=O)sc2cc(NC(=O)C3CN(S(C)(=O)=O)c4ccccc4O3)ccc21. The van der Waals surface area contributed by atoms with Gasteiger partial charge in [0.25, 0.3) is 5.91 Å². The standard InChI is InChI=1S/C18H17N3O5S2/c1-20-13-8-7-11(9-16(13)27-18(20)23)19-17(22)15-10-21(28(2,24)25)12-5-3-4-6-14(12)26-15/h3-9,15H,10H2,1-2H3,(H,19,22). The number of hydrogen-bond acceptors (Lipinski definition) is 6. The minimum Gasteiger partial charge on any atom is -0.476 e.